The van der Waals surface area contributed by atoms with Crippen molar-refractivity contribution in [3.8, 4) is 0 Å². The summed E-state index contributed by atoms with van der Waals surface area (Å²) in [7, 11) is 0. The van der Waals surface area contributed by atoms with E-state index in [1.54, 1.807) is 0 Å². The standard InChI is InChI=1S/2C8H6O4.2CN.3Cu/c2*9-7(10)5-3-1-2-4-6(5)8(11)12;2*1-2;;;/h2*1-4H,(H,9,10)(H,11,12);;;;;/q;;2*-1;3*+2/p-4. The molecule has 0 amide bonds. The molecule has 0 bridgehead atoms. The summed E-state index contributed by atoms with van der Waals surface area (Å²) in [5.74, 6) is -6.07. The van der Waals surface area contributed by atoms with Crippen molar-refractivity contribution in [1.29, 1.82) is 10.5 Å². The fourth-order valence-electron chi connectivity index (χ4n) is 1.68. The topological polar surface area (TPSA) is 208 Å². The summed E-state index contributed by atoms with van der Waals surface area (Å²) >= 11 is 0. The molecule has 0 aliphatic carbocycles. The van der Waals surface area contributed by atoms with E-state index in [0.29, 0.717) is 0 Å². The molecule has 0 saturated heterocycles. The first-order chi connectivity index (χ1) is 13.3. The number of hydrogen-bond donors (Lipinski definition) is 0. The van der Waals surface area contributed by atoms with Gasteiger partial charge in [0.1, 0.15) is 0 Å². The largest absolute Gasteiger partial charge is 2.00 e. The van der Waals surface area contributed by atoms with E-state index in [1.165, 1.54) is 24.3 Å². The molecule has 171 valence electrons. The number of hydrogen-bond acceptors (Lipinski definition) is 10. The maximum absolute atomic E-state index is 10.3. The van der Waals surface area contributed by atoms with Gasteiger partial charge in [-0.3, -0.25) is 0 Å². The summed E-state index contributed by atoms with van der Waals surface area (Å²) < 4.78 is 0. The predicted octanol–water partition coefficient (Wildman–Crippen LogP) is -2.99. The van der Waals surface area contributed by atoms with Gasteiger partial charge < -0.3 is 63.3 Å². The number of carbonyl (C=O) groups is 4. The summed E-state index contributed by atoms with van der Waals surface area (Å²) in [6.45, 7) is 9.50. The number of rotatable bonds is 4. The van der Waals surface area contributed by atoms with Crippen molar-refractivity contribution in [2.75, 3.05) is 0 Å². The molecule has 0 N–H and O–H groups in total. The molecule has 0 aromatic heterocycles. The van der Waals surface area contributed by atoms with Gasteiger partial charge in [0, 0.05) is 22.3 Å². The molecule has 0 aliphatic heterocycles. The maximum Gasteiger partial charge on any atom is 2.00 e. The van der Waals surface area contributed by atoms with Gasteiger partial charge in [-0.05, 0) is 0 Å². The van der Waals surface area contributed by atoms with Gasteiger partial charge in [-0.2, -0.15) is 0 Å². The Labute approximate surface area is 208 Å². The molecule has 2 rings (SSSR count). The van der Waals surface area contributed by atoms with Crippen LogP contribution in [0.4, 0.5) is 0 Å². The van der Waals surface area contributed by atoms with Gasteiger partial charge in [-0.15, -0.1) is 0 Å². The van der Waals surface area contributed by atoms with Crippen molar-refractivity contribution in [3.05, 3.63) is 83.9 Å². The second-order valence-electron chi connectivity index (χ2n) is 4.24. The van der Waals surface area contributed by atoms with Crippen LogP contribution in [0.15, 0.2) is 48.5 Å². The van der Waals surface area contributed by atoms with E-state index in [0.717, 1.165) is 24.3 Å². The van der Waals surface area contributed by atoms with Crippen LogP contribution < -0.4 is 20.4 Å². The molecule has 2 aromatic carbocycles. The number of carbonyl (C=O) groups excluding carboxylic acids is 4. The van der Waals surface area contributed by atoms with Crippen LogP contribution in [0.3, 0.4) is 0 Å². The Morgan fingerprint density at radius 1 is 0.484 bits per heavy atom. The minimum absolute atomic E-state index is 0. The monoisotopic (exact) mass is 569 g/mol. The Kier molecular flexibility index (Phi) is 26.8. The van der Waals surface area contributed by atoms with Crippen LogP contribution >= 0.6 is 0 Å². The third-order valence-corrected chi connectivity index (χ3v) is 2.73. The molecule has 0 unspecified atom stereocenters. The van der Waals surface area contributed by atoms with E-state index in [-0.39, 0.29) is 73.5 Å². The zero-order chi connectivity index (χ0) is 22.3. The van der Waals surface area contributed by atoms with Crippen LogP contribution in [0.5, 0.6) is 0 Å². The van der Waals surface area contributed by atoms with E-state index < -0.39 is 23.9 Å². The van der Waals surface area contributed by atoms with Gasteiger partial charge in [-0.25, -0.2) is 0 Å². The van der Waals surface area contributed by atoms with Crippen molar-refractivity contribution in [2.45, 2.75) is 0 Å². The van der Waals surface area contributed by atoms with E-state index >= 15 is 0 Å². The van der Waals surface area contributed by atoms with Crippen molar-refractivity contribution in [3.63, 3.8) is 0 Å². The molecule has 0 heterocycles. The van der Waals surface area contributed by atoms with Gasteiger partial charge >= 0.3 is 51.2 Å². The molecular weight excluding hydrogens is 563 g/mol. The van der Waals surface area contributed by atoms with Crippen LogP contribution in [0, 0.1) is 23.7 Å². The molecule has 2 aromatic rings. The molecule has 0 atom stereocenters. The smallest absolute Gasteiger partial charge is 0.545 e. The first-order valence-electron chi connectivity index (χ1n) is 6.73. The van der Waals surface area contributed by atoms with Crippen LogP contribution in [0.25, 0.3) is 0 Å². The van der Waals surface area contributed by atoms with E-state index in [2.05, 4.69) is 0 Å². The number of carboxylic acid groups (broad SMARTS) is 4. The number of aromatic carboxylic acids is 4. The Morgan fingerprint density at radius 2 is 0.613 bits per heavy atom. The zero-order valence-electron chi connectivity index (χ0n) is 14.7. The summed E-state index contributed by atoms with van der Waals surface area (Å²) in [6, 6.07) is 10.3. The second kappa shape index (κ2) is 21.6. The van der Waals surface area contributed by atoms with Crippen molar-refractivity contribution in [1.82, 2.24) is 0 Å². The molecule has 0 fully saturated rings. The quantitative estimate of drug-likeness (QED) is 0.269. The summed E-state index contributed by atoms with van der Waals surface area (Å²) in [6.07, 6.45) is 0. The Bertz CT molecular complexity index is 762. The predicted molar refractivity (Wildman–Crippen MR) is 80.1 cm³/mol. The van der Waals surface area contributed by atoms with E-state index in [1.807, 2.05) is 0 Å². The van der Waals surface area contributed by atoms with Gasteiger partial charge in [0.15, 0.2) is 0 Å². The average Bonchev–Trinajstić information content (AvgIpc) is 2.71. The summed E-state index contributed by atoms with van der Waals surface area (Å²) in [5.41, 5.74) is -1.45. The maximum atomic E-state index is 10.3. The van der Waals surface area contributed by atoms with Crippen LogP contribution in [-0.4, -0.2) is 23.9 Å². The number of carboxylic acids is 4. The van der Waals surface area contributed by atoms with E-state index in [9.17, 15) is 39.6 Å². The second-order valence-corrected chi connectivity index (χ2v) is 4.24. The molecule has 0 aliphatic rings. The van der Waals surface area contributed by atoms with Crippen molar-refractivity contribution in [2.24, 2.45) is 0 Å². The molecule has 31 heavy (non-hydrogen) atoms. The van der Waals surface area contributed by atoms with Crippen LogP contribution in [-0.2, 0) is 51.2 Å². The molecule has 13 heteroatoms. The normalized spacial score (nSPS) is 7.35. The van der Waals surface area contributed by atoms with Crippen molar-refractivity contribution >= 4 is 23.9 Å². The van der Waals surface area contributed by atoms with Gasteiger partial charge in [0.2, 0.25) is 0 Å². The van der Waals surface area contributed by atoms with Gasteiger partial charge in [-0.1, -0.05) is 48.5 Å². The molecule has 0 saturated carbocycles. The van der Waals surface area contributed by atoms with Gasteiger partial charge in [0.05, 0.1) is 23.9 Å². The Balaban J connectivity index is -0.000000115. The van der Waals surface area contributed by atoms with Crippen LogP contribution in [0.1, 0.15) is 41.4 Å². The Hall–Kier alpha value is -3.14. The molecular formula is C18H8Cu3N2O8. The summed E-state index contributed by atoms with van der Waals surface area (Å²) in [5, 5.41) is 53.8. The van der Waals surface area contributed by atoms with E-state index in [4.69, 9.17) is 23.7 Å². The fourth-order valence-corrected chi connectivity index (χ4v) is 1.68. The first-order valence-corrected chi connectivity index (χ1v) is 6.73. The average molecular weight is 571 g/mol. The summed E-state index contributed by atoms with van der Waals surface area (Å²) in [4.78, 5) is 41.3. The molecule has 10 nitrogen and oxygen atoms in total. The number of benzene rings is 2. The third kappa shape index (κ3) is 13.7. The Morgan fingerprint density at radius 3 is 0.710 bits per heavy atom. The number of nitrogens with zero attached hydrogens (tertiary/aromatic N) is 2. The van der Waals surface area contributed by atoms with Crippen molar-refractivity contribution < 1.29 is 90.8 Å². The third-order valence-electron chi connectivity index (χ3n) is 2.73. The minimum Gasteiger partial charge on any atom is -0.545 e. The van der Waals surface area contributed by atoms with Crippen LogP contribution in [0.2, 0.25) is 0 Å². The van der Waals surface area contributed by atoms with Gasteiger partial charge in [0.25, 0.3) is 0 Å². The fraction of sp³-hybridized carbons (Fsp3) is 0. The molecule has 0 spiro atoms. The first kappa shape index (κ1) is 38.5. The molecule has 3 radical (unpaired) electrons. The SMILES string of the molecule is O=C([O-])c1ccccc1C(=O)[O-].O=C([O-])c1ccccc1C(=O)[O-].[C-]#N.[C-]#N.[Cu+2].[Cu+2].[Cu+2]. The zero-order valence-corrected chi connectivity index (χ0v) is 17.5. The minimum atomic E-state index is -1.52.